The van der Waals surface area contributed by atoms with Crippen LogP contribution >= 0.6 is 11.5 Å². The van der Waals surface area contributed by atoms with Crippen molar-refractivity contribution in [2.24, 2.45) is 0 Å². The third-order valence-corrected chi connectivity index (χ3v) is 3.31. The predicted octanol–water partition coefficient (Wildman–Crippen LogP) is 3.84. The molecule has 0 aliphatic heterocycles. The number of carbonyl (C=O) groups is 1. The molecular formula is C12H8F3NO2S. The summed E-state index contributed by atoms with van der Waals surface area (Å²) in [7, 11) is 0. The van der Waals surface area contributed by atoms with Crippen LogP contribution in [0.5, 0.6) is 0 Å². The highest BCUT2D eigenvalue weighted by atomic mass is 32.1. The topological polar surface area (TPSA) is 50.2 Å². The number of benzene rings is 1. The first-order valence-electron chi connectivity index (χ1n) is 5.18. The molecule has 100 valence electrons. The molecule has 0 atom stereocenters. The van der Waals surface area contributed by atoms with E-state index < -0.39 is 17.7 Å². The molecule has 1 aromatic heterocycles. The minimum atomic E-state index is -4.41. The van der Waals surface area contributed by atoms with Crippen molar-refractivity contribution in [2.45, 2.75) is 13.1 Å². The average molecular weight is 287 g/mol. The summed E-state index contributed by atoms with van der Waals surface area (Å²) >= 11 is 1.01. The van der Waals surface area contributed by atoms with Crippen molar-refractivity contribution in [2.75, 3.05) is 0 Å². The van der Waals surface area contributed by atoms with Gasteiger partial charge in [-0.2, -0.15) is 17.5 Å². The average Bonchev–Trinajstić information content (AvgIpc) is 2.70. The summed E-state index contributed by atoms with van der Waals surface area (Å²) < 4.78 is 41.3. The number of hydrogen-bond acceptors (Lipinski definition) is 3. The maximum atomic E-state index is 12.4. The highest BCUT2D eigenvalue weighted by Gasteiger charge is 2.30. The third-order valence-electron chi connectivity index (χ3n) is 2.56. The monoisotopic (exact) mass is 287 g/mol. The zero-order valence-corrected chi connectivity index (χ0v) is 10.5. The van der Waals surface area contributed by atoms with E-state index in [1.807, 2.05) is 0 Å². The van der Waals surface area contributed by atoms with Crippen molar-refractivity contribution in [3.63, 3.8) is 0 Å². The van der Waals surface area contributed by atoms with Crippen molar-refractivity contribution in [1.82, 2.24) is 4.37 Å². The summed E-state index contributed by atoms with van der Waals surface area (Å²) in [4.78, 5) is 11.6. The Balaban J connectivity index is 2.46. The second-order valence-electron chi connectivity index (χ2n) is 3.84. The standard InChI is InChI=1S/C12H8F3NO2S/c1-6-9(11(17)18)10(16-19-6)7-2-4-8(5-3-7)12(13,14)15/h2-5H,1H3,(H,17,18). The largest absolute Gasteiger partial charge is 0.478 e. The van der Waals surface area contributed by atoms with Crippen LogP contribution in [0.25, 0.3) is 11.3 Å². The van der Waals surface area contributed by atoms with Crippen molar-refractivity contribution < 1.29 is 23.1 Å². The molecule has 7 heteroatoms. The maximum absolute atomic E-state index is 12.4. The molecular weight excluding hydrogens is 279 g/mol. The van der Waals surface area contributed by atoms with Gasteiger partial charge in [0, 0.05) is 10.4 Å². The van der Waals surface area contributed by atoms with E-state index in [0.717, 1.165) is 23.7 Å². The third kappa shape index (κ3) is 2.60. The van der Waals surface area contributed by atoms with Gasteiger partial charge < -0.3 is 5.11 Å². The molecule has 0 unspecified atom stereocenters. The first-order chi connectivity index (χ1) is 8.80. The van der Waals surface area contributed by atoms with Crippen LogP contribution < -0.4 is 0 Å². The number of aromatic carboxylic acids is 1. The number of halogens is 3. The lowest BCUT2D eigenvalue weighted by Gasteiger charge is -2.07. The summed E-state index contributed by atoms with van der Waals surface area (Å²) in [6.07, 6.45) is -4.41. The molecule has 0 saturated carbocycles. The van der Waals surface area contributed by atoms with E-state index in [1.54, 1.807) is 6.92 Å². The number of carboxylic acid groups (broad SMARTS) is 1. The fraction of sp³-hybridized carbons (Fsp3) is 0.167. The fourth-order valence-electron chi connectivity index (χ4n) is 1.64. The fourth-order valence-corrected chi connectivity index (χ4v) is 2.34. The summed E-state index contributed by atoms with van der Waals surface area (Å²) in [5.74, 6) is -1.14. The van der Waals surface area contributed by atoms with Crippen LogP contribution in [0, 0.1) is 6.92 Å². The van der Waals surface area contributed by atoms with Gasteiger partial charge in [0.05, 0.1) is 11.3 Å². The molecule has 0 fully saturated rings. The number of nitrogens with zero attached hydrogens (tertiary/aromatic N) is 1. The molecule has 1 aromatic carbocycles. The SMILES string of the molecule is Cc1snc(-c2ccc(C(F)(F)F)cc2)c1C(=O)O. The number of aromatic nitrogens is 1. The molecule has 0 aliphatic rings. The van der Waals surface area contributed by atoms with Crippen molar-refractivity contribution in [3.8, 4) is 11.3 Å². The molecule has 0 spiro atoms. The lowest BCUT2D eigenvalue weighted by Crippen LogP contribution is -2.04. The van der Waals surface area contributed by atoms with Crippen LogP contribution in [0.1, 0.15) is 20.8 Å². The number of hydrogen-bond donors (Lipinski definition) is 1. The molecule has 0 amide bonds. The quantitative estimate of drug-likeness (QED) is 0.913. The lowest BCUT2D eigenvalue weighted by molar-refractivity contribution is -0.137. The molecule has 3 nitrogen and oxygen atoms in total. The van der Waals surface area contributed by atoms with Crippen molar-refractivity contribution in [1.29, 1.82) is 0 Å². The molecule has 0 radical (unpaired) electrons. The van der Waals surface area contributed by atoms with E-state index in [0.29, 0.717) is 10.4 Å². The Morgan fingerprint density at radius 2 is 1.84 bits per heavy atom. The highest BCUT2D eigenvalue weighted by molar-refractivity contribution is 7.06. The Bertz CT molecular complexity index is 617. The first kappa shape index (κ1) is 13.5. The zero-order valence-electron chi connectivity index (χ0n) is 9.65. The van der Waals surface area contributed by atoms with Gasteiger partial charge in [0.2, 0.25) is 0 Å². The van der Waals surface area contributed by atoms with Gasteiger partial charge in [-0.25, -0.2) is 4.79 Å². The second kappa shape index (κ2) is 4.65. The van der Waals surface area contributed by atoms with Crippen LogP contribution in [0.2, 0.25) is 0 Å². The molecule has 0 bridgehead atoms. The van der Waals surface area contributed by atoms with Crippen LogP contribution in [-0.2, 0) is 6.18 Å². The molecule has 2 rings (SSSR count). The Morgan fingerprint density at radius 3 is 2.32 bits per heavy atom. The van der Waals surface area contributed by atoms with Crippen molar-refractivity contribution >= 4 is 17.5 Å². The number of aryl methyl sites for hydroxylation is 1. The van der Waals surface area contributed by atoms with Gasteiger partial charge in [-0.15, -0.1) is 0 Å². The zero-order chi connectivity index (χ0) is 14.2. The minimum absolute atomic E-state index is 0.0322. The van der Waals surface area contributed by atoms with Gasteiger partial charge in [-0.1, -0.05) is 12.1 Å². The summed E-state index contributed by atoms with van der Waals surface area (Å²) in [5, 5.41) is 9.07. The predicted molar refractivity (Wildman–Crippen MR) is 64.2 cm³/mol. The van der Waals surface area contributed by atoms with E-state index in [2.05, 4.69) is 4.37 Å². The number of rotatable bonds is 2. The van der Waals surface area contributed by atoms with Gasteiger partial charge in [0.1, 0.15) is 5.56 Å². The number of carboxylic acids is 1. The summed E-state index contributed by atoms with van der Waals surface area (Å²) in [6, 6.07) is 4.28. The Labute approximate surface area is 110 Å². The van der Waals surface area contributed by atoms with E-state index in [9.17, 15) is 18.0 Å². The van der Waals surface area contributed by atoms with E-state index in [1.165, 1.54) is 12.1 Å². The molecule has 2 aromatic rings. The molecule has 1 N–H and O–H groups in total. The van der Waals surface area contributed by atoms with Gasteiger partial charge in [-0.3, -0.25) is 0 Å². The highest BCUT2D eigenvalue weighted by Crippen LogP contribution is 2.32. The second-order valence-corrected chi connectivity index (χ2v) is 4.82. The van der Waals surface area contributed by atoms with Crippen LogP contribution in [0.3, 0.4) is 0 Å². The Morgan fingerprint density at radius 1 is 1.26 bits per heavy atom. The van der Waals surface area contributed by atoms with Gasteiger partial charge in [-0.05, 0) is 30.6 Å². The molecule has 19 heavy (non-hydrogen) atoms. The Kier molecular flexibility index (Phi) is 3.32. The van der Waals surface area contributed by atoms with Crippen molar-refractivity contribution in [3.05, 3.63) is 40.3 Å². The molecule has 1 heterocycles. The lowest BCUT2D eigenvalue weighted by atomic mass is 10.0. The van der Waals surface area contributed by atoms with Crippen LogP contribution in [-0.4, -0.2) is 15.4 Å². The van der Waals surface area contributed by atoms with Gasteiger partial charge in [0.25, 0.3) is 0 Å². The normalized spacial score (nSPS) is 11.6. The van der Waals surface area contributed by atoms with Gasteiger partial charge in [0.15, 0.2) is 0 Å². The summed E-state index contributed by atoms with van der Waals surface area (Å²) in [6.45, 7) is 1.61. The molecule has 0 aliphatic carbocycles. The van der Waals surface area contributed by atoms with Crippen LogP contribution in [0.15, 0.2) is 24.3 Å². The van der Waals surface area contributed by atoms with Gasteiger partial charge >= 0.3 is 12.1 Å². The minimum Gasteiger partial charge on any atom is -0.478 e. The summed E-state index contributed by atoms with van der Waals surface area (Å²) in [5.41, 5.74) is -0.191. The van der Waals surface area contributed by atoms with Crippen LogP contribution in [0.4, 0.5) is 13.2 Å². The molecule has 0 saturated heterocycles. The maximum Gasteiger partial charge on any atom is 0.416 e. The van der Waals surface area contributed by atoms with E-state index in [4.69, 9.17) is 5.11 Å². The van der Waals surface area contributed by atoms with E-state index in [-0.39, 0.29) is 11.3 Å². The number of alkyl halides is 3. The first-order valence-corrected chi connectivity index (χ1v) is 5.95. The Hall–Kier alpha value is -1.89. The smallest absolute Gasteiger partial charge is 0.416 e. The van der Waals surface area contributed by atoms with E-state index >= 15 is 0 Å².